The monoisotopic (exact) mass is 504 g/mol. The molecule has 1 saturated heterocycles. The standard InChI is InChI=1S/C26H37ClN4O4/c1-25(2,3)21(30-24(34)35-26(4,5)6)23(33)31-15-19(32)13-20(31)22-28-14-18(29-22)11-10-16-8-7-9-17(27)12-16/h7-9,12,14,19-21,32H,10-11,13,15H2,1-6H3,(H,28,29)(H,30,34)/t19-,20+,21-/m1/s1. The van der Waals surface area contributed by atoms with E-state index in [-0.39, 0.29) is 12.5 Å². The summed E-state index contributed by atoms with van der Waals surface area (Å²) < 4.78 is 5.39. The van der Waals surface area contributed by atoms with Gasteiger partial charge in [-0.25, -0.2) is 9.78 Å². The van der Waals surface area contributed by atoms with Gasteiger partial charge in [0.1, 0.15) is 17.5 Å². The first-order valence-corrected chi connectivity index (χ1v) is 12.4. The third-order valence-electron chi connectivity index (χ3n) is 5.87. The number of β-amino-alcohol motifs (C(OH)–C–C–N with tert-alkyl or cyclic N) is 1. The topological polar surface area (TPSA) is 108 Å². The molecule has 1 aromatic heterocycles. The van der Waals surface area contributed by atoms with Gasteiger partial charge in [0.05, 0.1) is 12.1 Å². The molecular weight excluding hydrogens is 468 g/mol. The Balaban J connectivity index is 1.74. The molecule has 2 amide bonds. The fourth-order valence-corrected chi connectivity index (χ4v) is 4.41. The maximum absolute atomic E-state index is 13.7. The molecule has 1 aliphatic heterocycles. The van der Waals surface area contributed by atoms with Crippen LogP contribution in [0.25, 0.3) is 0 Å². The van der Waals surface area contributed by atoms with E-state index >= 15 is 0 Å². The van der Waals surface area contributed by atoms with Crippen LogP contribution in [0.15, 0.2) is 30.5 Å². The Labute approximate surface area is 212 Å². The number of aromatic nitrogens is 2. The molecule has 0 unspecified atom stereocenters. The average Bonchev–Trinajstić information content (AvgIpc) is 3.34. The number of imidazole rings is 1. The maximum Gasteiger partial charge on any atom is 0.408 e. The number of likely N-dealkylation sites (tertiary alicyclic amines) is 1. The minimum atomic E-state index is -0.831. The lowest BCUT2D eigenvalue weighted by molar-refractivity contribution is -0.137. The number of amides is 2. The number of ether oxygens (including phenoxy) is 1. The van der Waals surface area contributed by atoms with Crippen LogP contribution in [-0.4, -0.2) is 56.3 Å². The number of alkyl carbamates (subject to hydrolysis) is 1. The number of aromatic amines is 1. The van der Waals surface area contributed by atoms with E-state index in [2.05, 4.69) is 15.3 Å². The molecule has 3 atom stereocenters. The molecule has 0 bridgehead atoms. The Morgan fingerprint density at radius 2 is 1.97 bits per heavy atom. The predicted molar refractivity (Wildman–Crippen MR) is 135 cm³/mol. The van der Waals surface area contributed by atoms with Crippen molar-refractivity contribution in [2.75, 3.05) is 6.54 Å². The van der Waals surface area contributed by atoms with E-state index in [4.69, 9.17) is 16.3 Å². The quantitative estimate of drug-likeness (QED) is 0.539. The number of aliphatic hydroxyl groups is 1. The van der Waals surface area contributed by atoms with Gasteiger partial charge in [0, 0.05) is 29.9 Å². The first-order chi connectivity index (χ1) is 16.2. The third kappa shape index (κ3) is 7.45. The van der Waals surface area contributed by atoms with Crippen LogP contribution >= 0.6 is 11.6 Å². The summed E-state index contributed by atoms with van der Waals surface area (Å²) in [7, 11) is 0. The summed E-state index contributed by atoms with van der Waals surface area (Å²) >= 11 is 6.08. The summed E-state index contributed by atoms with van der Waals surface area (Å²) in [5.74, 6) is 0.350. The highest BCUT2D eigenvalue weighted by molar-refractivity contribution is 6.30. The number of hydrogen-bond donors (Lipinski definition) is 3. The molecule has 2 heterocycles. The number of H-pyrrole nitrogens is 1. The van der Waals surface area contributed by atoms with Gasteiger partial charge in [-0.1, -0.05) is 44.5 Å². The first-order valence-electron chi connectivity index (χ1n) is 12.0. The zero-order chi connectivity index (χ0) is 26.0. The van der Waals surface area contributed by atoms with Gasteiger partial charge in [-0.2, -0.15) is 0 Å². The smallest absolute Gasteiger partial charge is 0.408 e. The second kappa shape index (κ2) is 10.6. The van der Waals surface area contributed by atoms with Crippen molar-refractivity contribution in [3.05, 3.63) is 52.6 Å². The molecule has 1 fully saturated rings. The van der Waals surface area contributed by atoms with Crippen molar-refractivity contribution in [2.24, 2.45) is 5.41 Å². The fraction of sp³-hybridized carbons (Fsp3) is 0.577. The molecule has 0 radical (unpaired) electrons. The van der Waals surface area contributed by atoms with Gasteiger partial charge in [-0.3, -0.25) is 4.79 Å². The molecule has 2 aromatic rings. The van der Waals surface area contributed by atoms with E-state index in [0.29, 0.717) is 17.3 Å². The zero-order valence-electron chi connectivity index (χ0n) is 21.4. The highest BCUT2D eigenvalue weighted by Gasteiger charge is 2.43. The lowest BCUT2D eigenvalue weighted by atomic mass is 9.85. The summed E-state index contributed by atoms with van der Waals surface area (Å²) in [6, 6.07) is 6.50. The van der Waals surface area contributed by atoms with Crippen LogP contribution in [0.1, 0.15) is 71.1 Å². The van der Waals surface area contributed by atoms with Gasteiger partial charge in [0.2, 0.25) is 5.91 Å². The van der Waals surface area contributed by atoms with E-state index in [1.54, 1.807) is 31.9 Å². The molecule has 192 valence electrons. The van der Waals surface area contributed by atoms with Crippen molar-refractivity contribution in [1.29, 1.82) is 0 Å². The van der Waals surface area contributed by atoms with Crippen molar-refractivity contribution in [2.45, 2.75) is 84.6 Å². The van der Waals surface area contributed by atoms with Gasteiger partial charge in [-0.05, 0) is 56.7 Å². The van der Waals surface area contributed by atoms with Crippen molar-refractivity contribution in [3.8, 4) is 0 Å². The number of carbonyl (C=O) groups is 2. The Bertz CT molecular complexity index is 1040. The van der Waals surface area contributed by atoms with Crippen molar-refractivity contribution < 1.29 is 19.4 Å². The van der Waals surface area contributed by atoms with Gasteiger partial charge >= 0.3 is 6.09 Å². The van der Waals surface area contributed by atoms with E-state index in [1.165, 1.54) is 0 Å². The van der Waals surface area contributed by atoms with Crippen molar-refractivity contribution >= 4 is 23.6 Å². The van der Waals surface area contributed by atoms with Crippen LogP contribution in [0, 0.1) is 5.41 Å². The van der Waals surface area contributed by atoms with Crippen LogP contribution in [0.5, 0.6) is 0 Å². The number of carbonyl (C=O) groups excluding carboxylic acids is 2. The number of aliphatic hydroxyl groups excluding tert-OH is 1. The number of hydrogen-bond acceptors (Lipinski definition) is 5. The van der Waals surface area contributed by atoms with Gasteiger partial charge in [-0.15, -0.1) is 0 Å². The minimum Gasteiger partial charge on any atom is -0.444 e. The van der Waals surface area contributed by atoms with Gasteiger partial charge in [0.25, 0.3) is 0 Å². The second-order valence-electron chi connectivity index (χ2n) is 11.3. The molecule has 0 aliphatic carbocycles. The number of rotatable bonds is 6. The van der Waals surface area contributed by atoms with E-state index < -0.39 is 35.3 Å². The zero-order valence-corrected chi connectivity index (χ0v) is 22.1. The van der Waals surface area contributed by atoms with Crippen molar-refractivity contribution in [1.82, 2.24) is 20.2 Å². The molecule has 0 spiro atoms. The lowest BCUT2D eigenvalue weighted by Crippen LogP contribution is -2.55. The first kappa shape index (κ1) is 27.0. The number of aryl methyl sites for hydroxylation is 2. The Morgan fingerprint density at radius 1 is 1.26 bits per heavy atom. The van der Waals surface area contributed by atoms with Crippen LogP contribution < -0.4 is 5.32 Å². The molecule has 1 aliphatic rings. The van der Waals surface area contributed by atoms with Crippen LogP contribution in [-0.2, 0) is 22.4 Å². The number of benzene rings is 1. The van der Waals surface area contributed by atoms with Gasteiger partial charge in [0.15, 0.2) is 0 Å². The van der Waals surface area contributed by atoms with Crippen molar-refractivity contribution in [3.63, 3.8) is 0 Å². The van der Waals surface area contributed by atoms with Crippen LogP contribution in [0.4, 0.5) is 4.79 Å². The predicted octanol–water partition coefficient (Wildman–Crippen LogP) is 4.42. The largest absolute Gasteiger partial charge is 0.444 e. The molecule has 9 heteroatoms. The Morgan fingerprint density at radius 3 is 2.60 bits per heavy atom. The van der Waals surface area contributed by atoms with E-state index in [0.717, 1.165) is 24.1 Å². The summed E-state index contributed by atoms with van der Waals surface area (Å²) in [6.45, 7) is 11.1. The normalized spacial score (nSPS) is 19.5. The maximum atomic E-state index is 13.7. The SMILES string of the molecule is CC(C)(C)OC(=O)N[C@H](C(=O)N1C[C@H](O)C[C@H]1c1ncc(CCc2cccc(Cl)c2)[nH]1)C(C)(C)C. The number of nitrogens with zero attached hydrogens (tertiary/aromatic N) is 2. The molecule has 3 rings (SSSR count). The summed E-state index contributed by atoms with van der Waals surface area (Å²) in [4.78, 5) is 35.6. The Hall–Kier alpha value is -2.58. The van der Waals surface area contributed by atoms with Crippen LogP contribution in [0.2, 0.25) is 5.02 Å². The second-order valence-corrected chi connectivity index (χ2v) is 11.7. The lowest BCUT2D eigenvalue weighted by Gasteiger charge is -2.35. The number of nitrogens with one attached hydrogen (secondary N) is 2. The summed E-state index contributed by atoms with van der Waals surface area (Å²) in [5.41, 5.74) is 0.811. The van der Waals surface area contributed by atoms with Gasteiger partial charge < -0.3 is 25.0 Å². The average molecular weight is 505 g/mol. The molecule has 35 heavy (non-hydrogen) atoms. The number of halogens is 1. The highest BCUT2D eigenvalue weighted by atomic mass is 35.5. The molecule has 3 N–H and O–H groups in total. The minimum absolute atomic E-state index is 0.171. The van der Waals surface area contributed by atoms with E-state index in [1.807, 2.05) is 45.0 Å². The highest BCUT2D eigenvalue weighted by Crippen LogP contribution is 2.33. The summed E-state index contributed by atoms with van der Waals surface area (Å²) in [6.07, 6.45) is 2.35. The molecule has 0 saturated carbocycles. The molecule has 8 nitrogen and oxygen atoms in total. The Kier molecular flexibility index (Phi) is 8.17. The third-order valence-corrected chi connectivity index (χ3v) is 6.11. The summed E-state index contributed by atoms with van der Waals surface area (Å²) in [5, 5.41) is 13.9. The molecular formula is C26H37ClN4O4. The fourth-order valence-electron chi connectivity index (χ4n) is 4.20. The van der Waals surface area contributed by atoms with E-state index in [9.17, 15) is 14.7 Å². The van der Waals surface area contributed by atoms with Crippen LogP contribution in [0.3, 0.4) is 0 Å². The molecule has 1 aromatic carbocycles.